The average molecular weight is 385 g/mol. The fraction of sp³-hybridized carbons (Fsp3) is 0.0769. The molecular weight excluding hydrogens is 374 g/mol. The summed E-state index contributed by atoms with van der Waals surface area (Å²) in [4.78, 5) is 18.7. The molecule has 2 aromatic heterocycles. The zero-order chi connectivity index (χ0) is 12.5. The van der Waals surface area contributed by atoms with Crippen LogP contribution in [0.4, 0.5) is 5.69 Å². The van der Waals surface area contributed by atoms with Crippen molar-refractivity contribution in [1.29, 1.82) is 0 Å². The third-order valence-electron chi connectivity index (χ3n) is 2.81. The van der Waals surface area contributed by atoms with Crippen molar-refractivity contribution in [2.45, 2.75) is 0 Å². The molecule has 0 unspecified atom stereocenters. The molecule has 6 heteroatoms. The van der Waals surface area contributed by atoms with Crippen LogP contribution in [0.1, 0.15) is 0 Å². The standard InChI is InChI=1S/C13H10BrN3O.BrH/c14-6-13(18)16-8-1-2-11-10(5-8)9-3-4-15-7-12(9)17-11;/h1-5,7,17H,6H2,(H,16,18);1H. The highest BCUT2D eigenvalue weighted by Gasteiger charge is 2.06. The first-order valence-electron chi connectivity index (χ1n) is 5.49. The van der Waals surface area contributed by atoms with Gasteiger partial charge in [-0.1, -0.05) is 15.9 Å². The largest absolute Gasteiger partial charge is 0.353 e. The summed E-state index contributed by atoms with van der Waals surface area (Å²) >= 11 is 3.13. The lowest BCUT2D eigenvalue weighted by atomic mass is 10.1. The topological polar surface area (TPSA) is 57.8 Å². The Morgan fingerprint density at radius 2 is 2.11 bits per heavy atom. The van der Waals surface area contributed by atoms with Crippen LogP contribution in [0.5, 0.6) is 0 Å². The summed E-state index contributed by atoms with van der Waals surface area (Å²) in [7, 11) is 0. The average Bonchev–Trinajstić information content (AvgIpc) is 2.77. The lowest BCUT2D eigenvalue weighted by molar-refractivity contribution is -0.113. The molecule has 98 valence electrons. The van der Waals surface area contributed by atoms with Gasteiger partial charge in [0, 0.05) is 28.2 Å². The molecule has 0 saturated carbocycles. The molecule has 0 fully saturated rings. The summed E-state index contributed by atoms with van der Waals surface area (Å²) in [5.41, 5.74) is 2.83. The van der Waals surface area contributed by atoms with Crippen molar-refractivity contribution in [3.05, 3.63) is 36.7 Å². The highest BCUT2D eigenvalue weighted by Crippen LogP contribution is 2.27. The van der Waals surface area contributed by atoms with Gasteiger partial charge >= 0.3 is 0 Å². The molecule has 0 aliphatic rings. The Labute approximate surface area is 128 Å². The SMILES string of the molecule is Br.O=C(CBr)Nc1ccc2[nH]c3cnccc3c2c1. The van der Waals surface area contributed by atoms with E-state index in [1.807, 2.05) is 24.3 Å². The van der Waals surface area contributed by atoms with E-state index < -0.39 is 0 Å². The van der Waals surface area contributed by atoms with E-state index in [4.69, 9.17) is 0 Å². The molecule has 0 radical (unpaired) electrons. The summed E-state index contributed by atoms with van der Waals surface area (Å²) in [5, 5.41) is 5.31. The zero-order valence-electron chi connectivity index (χ0n) is 9.81. The first-order valence-corrected chi connectivity index (χ1v) is 6.61. The van der Waals surface area contributed by atoms with Crippen LogP contribution in [0.3, 0.4) is 0 Å². The molecule has 0 saturated heterocycles. The van der Waals surface area contributed by atoms with Crippen molar-refractivity contribution in [2.24, 2.45) is 0 Å². The first kappa shape index (κ1) is 14.0. The summed E-state index contributed by atoms with van der Waals surface area (Å²) < 4.78 is 0. The Balaban J connectivity index is 0.00000133. The number of amides is 1. The van der Waals surface area contributed by atoms with E-state index in [9.17, 15) is 4.79 Å². The summed E-state index contributed by atoms with van der Waals surface area (Å²) in [5.74, 6) is -0.0594. The maximum Gasteiger partial charge on any atom is 0.235 e. The third kappa shape index (κ3) is 2.64. The van der Waals surface area contributed by atoms with Gasteiger partial charge in [0.2, 0.25) is 5.91 Å². The number of aromatic amines is 1. The van der Waals surface area contributed by atoms with Gasteiger partial charge < -0.3 is 10.3 Å². The first-order chi connectivity index (χ1) is 8.78. The summed E-state index contributed by atoms with van der Waals surface area (Å²) in [6.07, 6.45) is 3.56. The smallest absolute Gasteiger partial charge is 0.235 e. The van der Waals surface area contributed by atoms with Crippen LogP contribution >= 0.6 is 32.9 Å². The van der Waals surface area contributed by atoms with Gasteiger partial charge in [0.25, 0.3) is 0 Å². The highest BCUT2D eigenvalue weighted by molar-refractivity contribution is 9.09. The molecule has 2 heterocycles. The molecule has 1 amide bonds. The summed E-state index contributed by atoms with van der Waals surface area (Å²) in [6, 6.07) is 7.77. The molecule has 19 heavy (non-hydrogen) atoms. The lowest BCUT2D eigenvalue weighted by Crippen LogP contribution is -2.11. The number of anilines is 1. The van der Waals surface area contributed by atoms with E-state index in [2.05, 4.69) is 31.2 Å². The fourth-order valence-corrected chi connectivity index (χ4v) is 2.16. The molecule has 4 nitrogen and oxygen atoms in total. The number of halogens is 2. The van der Waals surface area contributed by atoms with Gasteiger partial charge in [-0.25, -0.2) is 0 Å². The normalized spacial score (nSPS) is 10.4. The number of hydrogen-bond acceptors (Lipinski definition) is 2. The van der Waals surface area contributed by atoms with Gasteiger partial charge in [-0.15, -0.1) is 17.0 Å². The minimum absolute atomic E-state index is 0. The van der Waals surface area contributed by atoms with Crippen molar-refractivity contribution in [3.8, 4) is 0 Å². The molecule has 2 N–H and O–H groups in total. The fourth-order valence-electron chi connectivity index (χ4n) is 2.02. The molecule has 3 aromatic rings. The van der Waals surface area contributed by atoms with Gasteiger partial charge in [0.1, 0.15) is 0 Å². The van der Waals surface area contributed by atoms with Crippen molar-refractivity contribution >= 4 is 66.3 Å². The number of benzene rings is 1. The van der Waals surface area contributed by atoms with E-state index in [0.29, 0.717) is 5.33 Å². The molecule has 0 aliphatic carbocycles. The second-order valence-electron chi connectivity index (χ2n) is 3.99. The number of fused-ring (bicyclic) bond motifs is 3. The number of H-pyrrole nitrogens is 1. The van der Waals surface area contributed by atoms with Crippen LogP contribution in [0.2, 0.25) is 0 Å². The van der Waals surface area contributed by atoms with Gasteiger partial charge in [-0.05, 0) is 24.3 Å². The second kappa shape index (κ2) is 5.71. The Kier molecular flexibility index (Phi) is 4.21. The van der Waals surface area contributed by atoms with E-state index in [1.54, 1.807) is 12.4 Å². The minimum atomic E-state index is -0.0594. The van der Waals surface area contributed by atoms with Crippen LogP contribution < -0.4 is 5.32 Å². The van der Waals surface area contributed by atoms with Gasteiger partial charge in [0.05, 0.1) is 17.0 Å². The van der Waals surface area contributed by atoms with Gasteiger partial charge in [-0.3, -0.25) is 9.78 Å². The van der Waals surface area contributed by atoms with Crippen LogP contribution in [-0.2, 0) is 4.79 Å². The van der Waals surface area contributed by atoms with Crippen molar-refractivity contribution in [2.75, 3.05) is 10.6 Å². The number of rotatable bonds is 2. The number of aromatic nitrogens is 2. The maximum absolute atomic E-state index is 11.3. The molecule has 3 rings (SSSR count). The zero-order valence-corrected chi connectivity index (χ0v) is 13.1. The number of carbonyl (C=O) groups is 1. The Morgan fingerprint density at radius 1 is 1.26 bits per heavy atom. The number of hydrogen-bond donors (Lipinski definition) is 2. The molecule has 0 aliphatic heterocycles. The van der Waals surface area contributed by atoms with Crippen LogP contribution in [0.15, 0.2) is 36.7 Å². The minimum Gasteiger partial charge on any atom is -0.353 e. The van der Waals surface area contributed by atoms with Crippen molar-refractivity contribution < 1.29 is 4.79 Å². The molecule has 0 spiro atoms. The van der Waals surface area contributed by atoms with E-state index in [-0.39, 0.29) is 22.9 Å². The number of carbonyl (C=O) groups excluding carboxylic acids is 1. The molecule has 1 aromatic carbocycles. The van der Waals surface area contributed by atoms with E-state index >= 15 is 0 Å². The van der Waals surface area contributed by atoms with E-state index in [0.717, 1.165) is 27.5 Å². The van der Waals surface area contributed by atoms with Crippen LogP contribution in [-0.4, -0.2) is 21.2 Å². The highest BCUT2D eigenvalue weighted by atomic mass is 79.9. The number of nitrogens with one attached hydrogen (secondary N) is 2. The second-order valence-corrected chi connectivity index (χ2v) is 4.55. The van der Waals surface area contributed by atoms with E-state index in [1.165, 1.54) is 0 Å². The third-order valence-corrected chi connectivity index (χ3v) is 3.31. The Morgan fingerprint density at radius 3 is 2.89 bits per heavy atom. The van der Waals surface area contributed by atoms with Crippen molar-refractivity contribution in [1.82, 2.24) is 9.97 Å². The monoisotopic (exact) mass is 383 g/mol. The molecule has 0 atom stereocenters. The van der Waals surface area contributed by atoms with Gasteiger partial charge in [0.15, 0.2) is 0 Å². The van der Waals surface area contributed by atoms with Crippen LogP contribution in [0, 0.1) is 0 Å². The number of pyridine rings is 1. The summed E-state index contributed by atoms with van der Waals surface area (Å²) in [6.45, 7) is 0. The Bertz CT molecular complexity index is 739. The predicted molar refractivity (Wildman–Crippen MR) is 86.3 cm³/mol. The molecular formula is C13H11Br2N3O. The number of nitrogens with zero attached hydrogens (tertiary/aromatic N) is 1. The predicted octanol–water partition coefficient (Wildman–Crippen LogP) is 3.63. The van der Waals surface area contributed by atoms with Gasteiger partial charge in [-0.2, -0.15) is 0 Å². The van der Waals surface area contributed by atoms with Crippen LogP contribution in [0.25, 0.3) is 21.8 Å². The lowest BCUT2D eigenvalue weighted by Gasteiger charge is -2.02. The number of alkyl halides is 1. The Hall–Kier alpha value is -1.40. The maximum atomic E-state index is 11.3. The molecule has 0 bridgehead atoms. The quantitative estimate of drug-likeness (QED) is 0.663. The van der Waals surface area contributed by atoms with Crippen molar-refractivity contribution in [3.63, 3.8) is 0 Å².